The van der Waals surface area contributed by atoms with Crippen LogP contribution in [-0.4, -0.2) is 12.6 Å². The fourth-order valence-corrected chi connectivity index (χ4v) is 1.24. The highest BCUT2D eigenvalue weighted by atomic mass is 14.9. The Morgan fingerprint density at radius 2 is 2.09 bits per heavy atom. The third kappa shape index (κ3) is 5.94. The predicted molar refractivity (Wildman–Crippen MR) is 50.4 cm³/mol. The second-order valence-electron chi connectivity index (χ2n) is 2.79. The number of terminal acetylenes is 1. The summed E-state index contributed by atoms with van der Waals surface area (Å²) in [5, 5.41) is 3.42. The van der Waals surface area contributed by atoms with E-state index < -0.39 is 0 Å². The summed E-state index contributed by atoms with van der Waals surface area (Å²) in [6.45, 7) is 5.40. The Balaban J connectivity index is 3.44. The van der Waals surface area contributed by atoms with Gasteiger partial charge in [-0.2, -0.15) is 0 Å². The van der Waals surface area contributed by atoms with Crippen molar-refractivity contribution in [1.82, 2.24) is 5.32 Å². The minimum absolute atomic E-state index is 0.640. The molecule has 1 N–H and O–H groups in total. The van der Waals surface area contributed by atoms with Crippen LogP contribution in [0.2, 0.25) is 0 Å². The molecule has 0 aromatic rings. The third-order valence-corrected chi connectivity index (χ3v) is 1.77. The van der Waals surface area contributed by atoms with E-state index in [-0.39, 0.29) is 0 Å². The van der Waals surface area contributed by atoms with Crippen molar-refractivity contribution in [3.8, 4) is 12.3 Å². The summed E-state index contributed by atoms with van der Waals surface area (Å²) in [5.41, 5.74) is 0. The second-order valence-corrected chi connectivity index (χ2v) is 2.79. The lowest BCUT2D eigenvalue weighted by Gasteiger charge is -2.14. The first-order valence-electron chi connectivity index (χ1n) is 4.52. The summed E-state index contributed by atoms with van der Waals surface area (Å²) in [4.78, 5) is 0. The summed E-state index contributed by atoms with van der Waals surface area (Å²) < 4.78 is 0. The van der Waals surface area contributed by atoms with Gasteiger partial charge in [-0.1, -0.05) is 20.3 Å². The number of rotatable bonds is 6. The van der Waals surface area contributed by atoms with Crippen molar-refractivity contribution in [2.24, 2.45) is 0 Å². The van der Waals surface area contributed by atoms with E-state index in [0.29, 0.717) is 6.04 Å². The van der Waals surface area contributed by atoms with Gasteiger partial charge in [-0.3, -0.25) is 0 Å². The summed E-state index contributed by atoms with van der Waals surface area (Å²) in [5.74, 6) is 2.67. The van der Waals surface area contributed by atoms with Crippen molar-refractivity contribution in [1.29, 1.82) is 0 Å². The largest absolute Gasteiger partial charge is 0.314 e. The fraction of sp³-hybridized carbons (Fsp3) is 0.800. The van der Waals surface area contributed by atoms with E-state index in [1.165, 1.54) is 12.8 Å². The lowest BCUT2D eigenvalue weighted by Crippen LogP contribution is -2.28. The van der Waals surface area contributed by atoms with Crippen LogP contribution in [0.25, 0.3) is 0 Å². The summed E-state index contributed by atoms with van der Waals surface area (Å²) in [7, 11) is 0. The molecule has 1 atom stereocenters. The highest BCUT2D eigenvalue weighted by Gasteiger charge is 2.03. The van der Waals surface area contributed by atoms with E-state index in [9.17, 15) is 0 Å². The summed E-state index contributed by atoms with van der Waals surface area (Å²) in [6.07, 6.45) is 9.70. The van der Waals surface area contributed by atoms with Gasteiger partial charge in [0.05, 0.1) is 0 Å². The van der Waals surface area contributed by atoms with E-state index in [4.69, 9.17) is 6.42 Å². The van der Waals surface area contributed by atoms with Crippen LogP contribution in [0.15, 0.2) is 0 Å². The lowest BCUT2D eigenvalue weighted by molar-refractivity contribution is 0.465. The molecule has 0 bridgehead atoms. The van der Waals surface area contributed by atoms with Crippen molar-refractivity contribution < 1.29 is 0 Å². The Hall–Kier alpha value is -0.480. The Morgan fingerprint density at radius 1 is 1.36 bits per heavy atom. The van der Waals surface area contributed by atoms with Gasteiger partial charge < -0.3 is 5.32 Å². The van der Waals surface area contributed by atoms with Crippen LogP contribution in [0.1, 0.15) is 39.5 Å². The molecule has 0 aliphatic rings. The Morgan fingerprint density at radius 3 is 2.55 bits per heavy atom. The molecule has 0 saturated heterocycles. The molecule has 0 aromatic heterocycles. The molecule has 0 fully saturated rings. The van der Waals surface area contributed by atoms with Crippen molar-refractivity contribution >= 4 is 0 Å². The van der Waals surface area contributed by atoms with Gasteiger partial charge in [0.1, 0.15) is 0 Å². The van der Waals surface area contributed by atoms with Gasteiger partial charge in [-0.05, 0) is 19.4 Å². The Kier molecular flexibility index (Phi) is 7.29. The molecule has 0 amide bonds. The van der Waals surface area contributed by atoms with Crippen LogP contribution in [-0.2, 0) is 0 Å². The molecule has 0 aromatic carbocycles. The first-order chi connectivity index (χ1) is 5.35. The van der Waals surface area contributed by atoms with Crippen molar-refractivity contribution in [3.63, 3.8) is 0 Å². The van der Waals surface area contributed by atoms with E-state index in [1.807, 2.05) is 0 Å². The van der Waals surface area contributed by atoms with Gasteiger partial charge in [0.2, 0.25) is 0 Å². The third-order valence-electron chi connectivity index (χ3n) is 1.77. The molecule has 0 rings (SSSR count). The zero-order valence-electron chi connectivity index (χ0n) is 7.69. The fourth-order valence-electron chi connectivity index (χ4n) is 1.24. The molecule has 64 valence electrons. The molecule has 1 unspecified atom stereocenters. The van der Waals surface area contributed by atoms with Crippen molar-refractivity contribution in [2.45, 2.75) is 45.6 Å². The van der Waals surface area contributed by atoms with Gasteiger partial charge >= 0.3 is 0 Å². The average molecular weight is 153 g/mol. The van der Waals surface area contributed by atoms with Gasteiger partial charge in [0.25, 0.3) is 0 Å². The van der Waals surface area contributed by atoms with E-state index in [0.717, 1.165) is 19.4 Å². The minimum atomic E-state index is 0.640. The van der Waals surface area contributed by atoms with Crippen molar-refractivity contribution in [3.05, 3.63) is 0 Å². The first-order valence-corrected chi connectivity index (χ1v) is 4.52. The Bertz CT molecular complexity index is 107. The van der Waals surface area contributed by atoms with Crippen LogP contribution >= 0.6 is 0 Å². The Labute approximate surface area is 70.6 Å². The monoisotopic (exact) mass is 153 g/mol. The molecular weight excluding hydrogens is 134 g/mol. The average Bonchev–Trinajstić information content (AvgIpc) is 2.01. The zero-order valence-corrected chi connectivity index (χ0v) is 7.69. The molecule has 0 heterocycles. The van der Waals surface area contributed by atoms with Gasteiger partial charge in [-0.15, -0.1) is 12.3 Å². The SMILES string of the molecule is C#CCCC(CCC)NCC. The van der Waals surface area contributed by atoms with E-state index in [2.05, 4.69) is 25.1 Å². The minimum Gasteiger partial charge on any atom is -0.314 e. The maximum absolute atomic E-state index is 5.19. The van der Waals surface area contributed by atoms with Crippen LogP contribution in [0.5, 0.6) is 0 Å². The highest BCUT2D eigenvalue weighted by Crippen LogP contribution is 2.03. The molecule has 0 aliphatic heterocycles. The van der Waals surface area contributed by atoms with Gasteiger partial charge in [0.15, 0.2) is 0 Å². The number of hydrogen-bond acceptors (Lipinski definition) is 1. The molecule has 0 radical (unpaired) electrons. The maximum Gasteiger partial charge on any atom is 0.0101 e. The standard InChI is InChI=1S/C10H19N/c1-4-7-9-10(8-5-2)11-6-3/h1,10-11H,5-9H2,2-3H3. The lowest BCUT2D eigenvalue weighted by atomic mass is 10.1. The highest BCUT2D eigenvalue weighted by molar-refractivity contribution is 4.85. The van der Waals surface area contributed by atoms with Gasteiger partial charge in [-0.25, -0.2) is 0 Å². The van der Waals surface area contributed by atoms with Crippen LogP contribution in [0.3, 0.4) is 0 Å². The molecule has 1 heteroatoms. The smallest absolute Gasteiger partial charge is 0.0101 e. The van der Waals surface area contributed by atoms with Crippen LogP contribution < -0.4 is 5.32 Å². The van der Waals surface area contributed by atoms with Crippen molar-refractivity contribution in [2.75, 3.05) is 6.54 Å². The summed E-state index contributed by atoms with van der Waals surface area (Å²) in [6, 6.07) is 0.640. The first kappa shape index (κ1) is 10.5. The topological polar surface area (TPSA) is 12.0 Å². The molecule has 1 nitrogen and oxygen atoms in total. The molecule has 11 heavy (non-hydrogen) atoms. The van der Waals surface area contributed by atoms with Gasteiger partial charge in [0, 0.05) is 12.5 Å². The summed E-state index contributed by atoms with van der Waals surface area (Å²) >= 11 is 0. The van der Waals surface area contributed by atoms with Crippen LogP contribution in [0, 0.1) is 12.3 Å². The maximum atomic E-state index is 5.19. The molecular formula is C10H19N. The number of nitrogens with one attached hydrogen (secondary N) is 1. The van der Waals surface area contributed by atoms with E-state index in [1.54, 1.807) is 0 Å². The normalized spacial score (nSPS) is 12.5. The molecule has 0 spiro atoms. The quantitative estimate of drug-likeness (QED) is 0.577. The molecule has 0 aliphatic carbocycles. The zero-order chi connectivity index (χ0) is 8.53. The second kappa shape index (κ2) is 7.63. The van der Waals surface area contributed by atoms with E-state index >= 15 is 0 Å². The van der Waals surface area contributed by atoms with Crippen LogP contribution in [0.4, 0.5) is 0 Å². The number of hydrogen-bond donors (Lipinski definition) is 1. The predicted octanol–water partition coefficient (Wildman–Crippen LogP) is 2.18. The molecule has 0 saturated carbocycles.